The standard InChI is InChI=1S/C32H23N3/c1-19(2)23-11-5-6-12-24(23)22-16-26-25-15-20-9-3-4-10-21(20)17-29(25)35-31(26)30(18-22)34-28-14-8-7-13-27(28)33-32(34)35/h3-19H,1-2H3. The molecule has 0 N–H and O–H groups in total. The van der Waals surface area contributed by atoms with Gasteiger partial charge in [-0.25, -0.2) is 4.98 Å². The van der Waals surface area contributed by atoms with E-state index in [0.29, 0.717) is 5.92 Å². The topological polar surface area (TPSA) is 21.7 Å². The molecule has 3 heterocycles. The maximum atomic E-state index is 5.11. The molecule has 0 bridgehead atoms. The summed E-state index contributed by atoms with van der Waals surface area (Å²) in [6.07, 6.45) is 0. The molecule has 166 valence electrons. The summed E-state index contributed by atoms with van der Waals surface area (Å²) < 4.78 is 4.71. The molecule has 5 aromatic carbocycles. The molecule has 0 aliphatic rings. The summed E-state index contributed by atoms with van der Waals surface area (Å²) in [5.41, 5.74) is 9.78. The fourth-order valence-corrected chi connectivity index (χ4v) is 6.01. The molecular formula is C32H23N3. The first-order chi connectivity index (χ1) is 17.2. The fraction of sp³-hybridized carbons (Fsp3) is 0.0938. The first kappa shape index (κ1) is 19.0. The molecule has 3 aromatic heterocycles. The van der Waals surface area contributed by atoms with Crippen molar-refractivity contribution >= 4 is 54.9 Å². The van der Waals surface area contributed by atoms with Crippen LogP contribution >= 0.6 is 0 Å². The highest BCUT2D eigenvalue weighted by atomic mass is 15.2. The van der Waals surface area contributed by atoms with Gasteiger partial charge in [-0.15, -0.1) is 0 Å². The smallest absolute Gasteiger partial charge is 0.220 e. The molecule has 0 saturated carbocycles. The predicted octanol–water partition coefficient (Wildman–Crippen LogP) is 8.43. The number of fused-ring (bicyclic) bond motifs is 9. The Morgan fingerprint density at radius 1 is 0.629 bits per heavy atom. The summed E-state index contributed by atoms with van der Waals surface area (Å²) in [5.74, 6) is 1.43. The minimum atomic E-state index is 0.449. The van der Waals surface area contributed by atoms with E-state index in [9.17, 15) is 0 Å². The molecule has 3 nitrogen and oxygen atoms in total. The van der Waals surface area contributed by atoms with Crippen LogP contribution in [0.1, 0.15) is 25.3 Å². The van der Waals surface area contributed by atoms with Crippen LogP contribution in [0.2, 0.25) is 0 Å². The molecule has 0 fully saturated rings. The molecule has 0 radical (unpaired) electrons. The molecule has 0 unspecified atom stereocenters. The lowest BCUT2D eigenvalue weighted by Gasteiger charge is -2.13. The number of imidazole rings is 2. The van der Waals surface area contributed by atoms with Crippen molar-refractivity contribution in [3.05, 3.63) is 103 Å². The SMILES string of the molecule is CC(C)c1ccccc1-c1cc2c3cc4ccccc4cc3n3c2c(c1)n1c2ccccc2nc13. The maximum Gasteiger partial charge on any atom is 0.220 e. The van der Waals surface area contributed by atoms with E-state index in [1.807, 2.05) is 0 Å². The number of rotatable bonds is 2. The van der Waals surface area contributed by atoms with Gasteiger partial charge in [0, 0.05) is 10.8 Å². The average molecular weight is 450 g/mol. The monoisotopic (exact) mass is 449 g/mol. The summed E-state index contributed by atoms with van der Waals surface area (Å²) in [4.78, 5) is 5.11. The van der Waals surface area contributed by atoms with E-state index < -0.39 is 0 Å². The van der Waals surface area contributed by atoms with Crippen molar-refractivity contribution in [2.45, 2.75) is 19.8 Å². The van der Waals surface area contributed by atoms with Crippen LogP contribution in [0.25, 0.3) is 66.0 Å². The minimum absolute atomic E-state index is 0.449. The van der Waals surface area contributed by atoms with E-state index in [-0.39, 0.29) is 0 Å². The van der Waals surface area contributed by atoms with Gasteiger partial charge in [0.15, 0.2) is 0 Å². The Bertz CT molecular complexity index is 2090. The largest absolute Gasteiger partial charge is 0.277 e. The van der Waals surface area contributed by atoms with Gasteiger partial charge in [-0.3, -0.25) is 8.80 Å². The second-order valence-corrected chi connectivity index (χ2v) is 9.92. The van der Waals surface area contributed by atoms with Crippen LogP contribution in [0.4, 0.5) is 0 Å². The van der Waals surface area contributed by atoms with Crippen molar-refractivity contribution in [1.82, 2.24) is 13.8 Å². The van der Waals surface area contributed by atoms with Gasteiger partial charge < -0.3 is 0 Å². The van der Waals surface area contributed by atoms with Crippen LogP contribution in [-0.4, -0.2) is 13.8 Å². The summed E-state index contributed by atoms with van der Waals surface area (Å²) in [5, 5.41) is 5.08. The van der Waals surface area contributed by atoms with Crippen LogP contribution in [0.15, 0.2) is 97.1 Å². The molecular weight excluding hydrogens is 426 g/mol. The third-order valence-corrected chi connectivity index (χ3v) is 7.59. The molecule has 0 saturated heterocycles. The van der Waals surface area contributed by atoms with Crippen LogP contribution in [-0.2, 0) is 0 Å². The fourth-order valence-electron chi connectivity index (χ4n) is 6.01. The lowest BCUT2D eigenvalue weighted by Crippen LogP contribution is -1.92. The van der Waals surface area contributed by atoms with E-state index >= 15 is 0 Å². The van der Waals surface area contributed by atoms with Gasteiger partial charge in [-0.2, -0.15) is 0 Å². The van der Waals surface area contributed by atoms with E-state index in [2.05, 4.69) is 120 Å². The molecule has 35 heavy (non-hydrogen) atoms. The number of benzene rings is 5. The Balaban J connectivity index is 1.64. The van der Waals surface area contributed by atoms with Crippen molar-refractivity contribution in [3.63, 3.8) is 0 Å². The third-order valence-electron chi connectivity index (χ3n) is 7.59. The Morgan fingerprint density at radius 2 is 1.37 bits per heavy atom. The summed E-state index contributed by atoms with van der Waals surface area (Å²) in [7, 11) is 0. The van der Waals surface area contributed by atoms with Gasteiger partial charge >= 0.3 is 0 Å². The first-order valence-corrected chi connectivity index (χ1v) is 12.3. The zero-order chi connectivity index (χ0) is 23.3. The molecule has 0 aliphatic carbocycles. The lowest BCUT2D eigenvalue weighted by molar-refractivity contribution is 0.869. The molecule has 8 rings (SSSR count). The van der Waals surface area contributed by atoms with Crippen LogP contribution < -0.4 is 0 Å². The summed E-state index contributed by atoms with van der Waals surface area (Å²) >= 11 is 0. The number of hydrogen-bond donors (Lipinski definition) is 0. The molecule has 3 heteroatoms. The van der Waals surface area contributed by atoms with Gasteiger partial charge in [-0.1, -0.05) is 74.5 Å². The zero-order valence-electron chi connectivity index (χ0n) is 19.7. The Kier molecular flexibility index (Phi) is 3.58. The van der Waals surface area contributed by atoms with Gasteiger partial charge in [-0.05, 0) is 69.8 Å². The van der Waals surface area contributed by atoms with Gasteiger partial charge in [0.25, 0.3) is 0 Å². The van der Waals surface area contributed by atoms with E-state index in [0.717, 1.165) is 16.8 Å². The number of hydrogen-bond acceptors (Lipinski definition) is 1. The van der Waals surface area contributed by atoms with E-state index in [1.54, 1.807) is 0 Å². The van der Waals surface area contributed by atoms with Crippen LogP contribution in [0.3, 0.4) is 0 Å². The normalized spacial score (nSPS) is 12.5. The van der Waals surface area contributed by atoms with E-state index in [4.69, 9.17) is 4.98 Å². The summed E-state index contributed by atoms with van der Waals surface area (Å²) in [6.45, 7) is 4.55. The second-order valence-electron chi connectivity index (χ2n) is 9.92. The molecule has 0 atom stereocenters. The molecule has 8 aromatic rings. The van der Waals surface area contributed by atoms with Crippen molar-refractivity contribution in [2.24, 2.45) is 0 Å². The zero-order valence-corrected chi connectivity index (χ0v) is 19.7. The van der Waals surface area contributed by atoms with Gasteiger partial charge in [0.2, 0.25) is 5.78 Å². The average Bonchev–Trinajstić information content (AvgIpc) is 3.52. The number of nitrogens with zero attached hydrogens (tertiary/aromatic N) is 3. The first-order valence-electron chi connectivity index (χ1n) is 12.3. The third kappa shape index (κ3) is 2.42. The highest BCUT2D eigenvalue weighted by Crippen LogP contribution is 2.41. The minimum Gasteiger partial charge on any atom is -0.277 e. The highest BCUT2D eigenvalue weighted by molar-refractivity contribution is 6.19. The summed E-state index contributed by atoms with van der Waals surface area (Å²) in [6, 6.07) is 35.3. The Labute approximate surface area is 202 Å². The number of para-hydroxylation sites is 2. The number of aromatic nitrogens is 3. The van der Waals surface area contributed by atoms with Crippen molar-refractivity contribution in [2.75, 3.05) is 0 Å². The molecule has 0 aliphatic heterocycles. The Morgan fingerprint density at radius 3 is 2.23 bits per heavy atom. The van der Waals surface area contributed by atoms with Crippen LogP contribution in [0, 0.1) is 0 Å². The molecule has 0 spiro atoms. The van der Waals surface area contributed by atoms with Crippen molar-refractivity contribution in [1.29, 1.82) is 0 Å². The Hall–Kier alpha value is -4.37. The van der Waals surface area contributed by atoms with Crippen molar-refractivity contribution < 1.29 is 0 Å². The maximum absolute atomic E-state index is 5.11. The quantitative estimate of drug-likeness (QED) is 0.259. The van der Waals surface area contributed by atoms with Crippen molar-refractivity contribution in [3.8, 4) is 11.1 Å². The van der Waals surface area contributed by atoms with Gasteiger partial charge in [0.05, 0.1) is 27.6 Å². The predicted molar refractivity (Wildman–Crippen MR) is 147 cm³/mol. The van der Waals surface area contributed by atoms with E-state index in [1.165, 1.54) is 54.8 Å². The second kappa shape index (κ2) is 6.61. The highest BCUT2D eigenvalue weighted by Gasteiger charge is 2.22. The van der Waals surface area contributed by atoms with Crippen LogP contribution in [0.5, 0.6) is 0 Å². The van der Waals surface area contributed by atoms with Gasteiger partial charge in [0.1, 0.15) is 0 Å². The lowest BCUT2D eigenvalue weighted by atomic mass is 9.91. The molecule has 0 amide bonds.